The van der Waals surface area contributed by atoms with E-state index in [1.165, 1.54) is 0 Å². The van der Waals surface area contributed by atoms with Gasteiger partial charge in [-0.2, -0.15) is 0 Å². The molecule has 108 valence electrons. The predicted octanol–water partition coefficient (Wildman–Crippen LogP) is 1.78. The van der Waals surface area contributed by atoms with Crippen LogP contribution < -0.4 is 5.32 Å². The lowest BCUT2D eigenvalue weighted by Gasteiger charge is -2.30. The van der Waals surface area contributed by atoms with Crippen LogP contribution in [0.25, 0.3) is 0 Å². The Morgan fingerprint density at radius 1 is 1.35 bits per heavy atom. The number of nitrogens with one attached hydrogen (secondary N) is 1. The molecule has 0 radical (unpaired) electrons. The van der Waals surface area contributed by atoms with Crippen molar-refractivity contribution in [2.75, 3.05) is 0 Å². The van der Waals surface area contributed by atoms with Crippen LogP contribution in [0.3, 0.4) is 0 Å². The standard InChI is InChI=1S/C14H16BrNO4/c15-9-2-3-10-8(7-9)1-4-11(14(10)20)16-12(17)5-6-13(18)19/h2-3,7,11,14,20H,1,4-6H2,(H,16,17)(H,18,19)/t11-,14-/m0/s1. The minimum atomic E-state index is -1.00. The van der Waals surface area contributed by atoms with E-state index in [-0.39, 0.29) is 24.8 Å². The highest BCUT2D eigenvalue weighted by Gasteiger charge is 2.29. The molecule has 5 nitrogen and oxygen atoms in total. The lowest BCUT2D eigenvalue weighted by molar-refractivity contribution is -0.139. The van der Waals surface area contributed by atoms with E-state index in [4.69, 9.17) is 5.11 Å². The molecule has 6 heteroatoms. The quantitative estimate of drug-likeness (QED) is 0.779. The fourth-order valence-corrected chi connectivity index (χ4v) is 2.82. The summed E-state index contributed by atoms with van der Waals surface area (Å²) in [5.74, 6) is -1.34. The van der Waals surface area contributed by atoms with Crippen molar-refractivity contribution in [1.29, 1.82) is 0 Å². The number of fused-ring (bicyclic) bond motifs is 1. The number of aliphatic carboxylic acids is 1. The monoisotopic (exact) mass is 341 g/mol. The van der Waals surface area contributed by atoms with Crippen molar-refractivity contribution in [3.05, 3.63) is 33.8 Å². The third-order valence-electron chi connectivity index (χ3n) is 3.44. The molecule has 0 fully saturated rings. The first-order valence-electron chi connectivity index (χ1n) is 6.45. The van der Waals surface area contributed by atoms with Crippen LogP contribution in [0, 0.1) is 0 Å². The van der Waals surface area contributed by atoms with Crippen LogP contribution in [-0.2, 0) is 16.0 Å². The minimum absolute atomic E-state index is 0.0637. The summed E-state index contributed by atoms with van der Waals surface area (Å²) in [4.78, 5) is 22.1. The SMILES string of the molecule is O=C(O)CCC(=O)N[C@H]1CCc2cc(Br)ccc2[C@@H]1O. The molecule has 1 amide bonds. The van der Waals surface area contributed by atoms with E-state index in [9.17, 15) is 14.7 Å². The van der Waals surface area contributed by atoms with E-state index < -0.39 is 12.1 Å². The van der Waals surface area contributed by atoms with Gasteiger partial charge in [0.1, 0.15) is 0 Å². The number of carbonyl (C=O) groups is 2. The molecule has 0 aromatic heterocycles. The van der Waals surface area contributed by atoms with Gasteiger partial charge < -0.3 is 15.5 Å². The van der Waals surface area contributed by atoms with Crippen molar-refractivity contribution >= 4 is 27.8 Å². The molecule has 20 heavy (non-hydrogen) atoms. The molecule has 1 aromatic rings. The number of hydrogen-bond donors (Lipinski definition) is 3. The zero-order chi connectivity index (χ0) is 14.7. The Morgan fingerprint density at radius 3 is 2.80 bits per heavy atom. The largest absolute Gasteiger partial charge is 0.481 e. The van der Waals surface area contributed by atoms with Crippen molar-refractivity contribution < 1.29 is 19.8 Å². The van der Waals surface area contributed by atoms with Gasteiger partial charge in [-0.25, -0.2) is 0 Å². The van der Waals surface area contributed by atoms with E-state index in [2.05, 4.69) is 21.2 Å². The maximum atomic E-state index is 11.6. The van der Waals surface area contributed by atoms with Gasteiger partial charge in [0.2, 0.25) is 5.91 Å². The van der Waals surface area contributed by atoms with Gasteiger partial charge in [-0.3, -0.25) is 9.59 Å². The molecule has 2 rings (SSSR count). The summed E-state index contributed by atoms with van der Waals surface area (Å²) >= 11 is 3.39. The molecular weight excluding hydrogens is 326 g/mol. The first-order valence-corrected chi connectivity index (χ1v) is 7.24. The zero-order valence-corrected chi connectivity index (χ0v) is 12.4. The smallest absolute Gasteiger partial charge is 0.303 e. The Bertz CT molecular complexity index is 532. The molecule has 0 unspecified atom stereocenters. The number of rotatable bonds is 4. The van der Waals surface area contributed by atoms with Crippen LogP contribution in [0.5, 0.6) is 0 Å². The van der Waals surface area contributed by atoms with Crippen molar-refractivity contribution in [2.24, 2.45) is 0 Å². The highest BCUT2D eigenvalue weighted by atomic mass is 79.9. The second kappa shape index (κ2) is 6.37. The molecule has 0 saturated heterocycles. The van der Waals surface area contributed by atoms with Gasteiger partial charge in [0.05, 0.1) is 18.6 Å². The number of carbonyl (C=O) groups excluding carboxylic acids is 1. The molecule has 0 saturated carbocycles. The number of aryl methyl sites for hydroxylation is 1. The van der Waals surface area contributed by atoms with Crippen molar-refractivity contribution in [3.63, 3.8) is 0 Å². The van der Waals surface area contributed by atoms with Crippen LogP contribution in [0.2, 0.25) is 0 Å². The predicted molar refractivity (Wildman–Crippen MR) is 76.2 cm³/mol. The third-order valence-corrected chi connectivity index (χ3v) is 3.94. The Morgan fingerprint density at radius 2 is 2.10 bits per heavy atom. The summed E-state index contributed by atoms with van der Waals surface area (Å²) in [6.45, 7) is 0. The number of hydrogen-bond acceptors (Lipinski definition) is 3. The van der Waals surface area contributed by atoms with Crippen LogP contribution in [-0.4, -0.2) is 28.1 Å². The van der Waals surface area contributed by atoms with E-state index in [1.54, 1.807) is 0 Å². The van der Waals surface area contributed by atoms with E-state index in [0.717, 1.165) is 22.0 Å². The number of halogens is 1. The third kappa shape index (κ3) is 3.58. The Kier molecular flexibility index (Phi) is 4.77. The molecule has 0 spiro atoms. The summed E-state index contributed by atoms with van der Waals surface area (Å²) in [5, 5.41) is 21.6. The molecule has 0 heterocycles. The van der Waals surface area contributed by atoms with Crippen molar-refractivity contribution in [2.45, 2.75) is 37.8 Å². The molecule has 1 aliphatic carbocycles. The minimum Gasteiger partial charge on any atom is -0.481 e. The van der Waals surface area contributed by atoms with Crippen molar-refractivity contribution in [3.8, 4) is 0 Å². The van der Waals surface area contributed by atoms with Gasteiger partial charge in [-0.1, -0.05) is 22.0 Å². The normalized spacial score (nSPS) is 21.1. The summed E-state index contributed by atoms with van der Waals surface area (Å²) in [7, 11) is 0. The van der Waals surface area contributed by atoms with Gasteiger partial charge in [0, 0.05) is 10.9 Å². The van der Waals surface area contributed by atoms with Crippen LogP contribution in [0.1, 0.15) is 36.5 Å². The summed E-state index contributed by atoms with van der Waals surface area (Å²) in [6.07, 6.45) is 0.406. The van der Waals surface area contributed by atoms with Gasteiger partial charge in [0.25, 0.3) is 0 Å². The molecule has 2 atom stereocenters. The van der Waals surface area contributed by atoms with E-state index in [0.29, 0.717) is 6.42 Å². The number of aliphatic hydroxyl groups is 1. The van der Waals surface area contributed by atoms with Gasteiger partial charge in [-0.05, 0) is 36.1 Å². The van der Waals surface area contributed by atoms with Crippen LogP contribution in [0.4, 0.5) is 0 Å². The molecular formula is C14H16BrNO4. The first kappa shape index (κ1) is 15.0. The topological polar surface area (TPSA) is 86.6 Å². The zero-order valence-electron chi connectivity index (χ0n) is 10.8. The fraction of sp³-hybridized carbons (Fsp3) is 0.429. The molecule has 0 aliphatic heterocycles. The van der Waals surface area contributed by atoms with Gasteiger partial charge in [0.15, 0.2) is 0 Å². The Labute approximate surface area is 125 Å². The van der Waals surface area contributed by atoms with Gasteiger partial charge in [-0.15, -0.1) is 0 Å². The maximum absolute atomic E-state index is 11.6. The van der Waals surface area contributed by atoms with E-state index >= 15 is 0 Å². The molecule has 3 N–H and O–H groups in total. The Balaban J connectivity index is 2.00. The average molecular weight is 342 g/mol. The lowest BCUT2D eigenvalue weighted by atomic mass is 9.86. The molecule has 1 aliphatic rings. The lowest BCUT2D eigenvalue weighted by Crippen LogP contribution is -2.42. The summed E-state index contributed by atoms with van der Waals surface area (Å²) < 4.78 is 0.965. The maximum Gasteiger partial charge on any atom is 0.303 e. The van der Waals surface area contributed by atoms with Gasteiger partial charge >= 0.3 is 5.97 Å². The highest BCUT2D eigenvalue weighted by Crippen LogP contribution is 2.31. The summed E-state index contributed by atoms with van der Waals surface area (Å²) in [5.41, 5.74) is 1.89. The number of benzene rings is 1. The average Bonchev–Trinajstić information content (AvgIpc) is 2.39. The molecule has 1 aromatic carbocycles. The number of carboxylic acids is 1. The van der Waals surface area contributed by atoms with Crippen LogP contribution >= 0.6 is 15.9 Å². The van der Waals surface area contributed by atoms with Crippen LogP contribution in [0.15, 0.2) is 22.7 Å². The number of amides is 1. The summed E-state index contributed by atoms with van der Waals surface area (Å²) in [6, 6.07) is 5.32. The second-order valence-electron chi connectivity index (χ2n) is 4.89. The van der Waals surface area contributed by atoms with E-state index in [1.807, 2.05) is 18.2 Å². The Hall–Kier alpha value is -1.40. The number of carboxylic acid groups (broad SMARTS) is 1. The molecule has 0 bridgehead atoms. The highest BCUT2D eigenvalue weighted by molar-refractivity contribution is 9.10. The number of aliphatic hydroxyl groups excluding tert-OH is 1. The fourth-order valence-electron chi connectivity index (χ4n) is 2.42. The van der Waals surface area contributed by atoms with Crippen molar-refractivity contribution in [1.82, 2.24) is 5.32 Å². The first-order chi connectivity index (χ1) is 9.47. The second-order valence-corrected chi connectivity index (χ2v) is 5.81.